The van der Waals surface area contributed by atoms with E-state index in [9.17, 15) is 18.0 Å². The molecule has 1 aliphatic rings. The Morgan fingerprint density at radius 2 is 1.44 bits per heavy atom. The lowest BCUT2D eigenvalue weighted by molar-refractivity contribution is -0.137. The lowest BCUT2D eigenvalue weighted by Gasteiger charge is -2.36. The SMILES string of the molecule is O=C(c1ccc(Cl)cc1)N1CCN(c2ccc(C(F)(F)F)cc2)CC1. The van der Waals surface area contributed by atoms with E-state index in [0.717, 1.165) is 17.8 Å². The highest BCUT2D eigenvalue weighted by molar-refractivity contribution is 6.30. The van der Waals surface area contributed by atoms with Crippen LogP contribution < -0.4 is 4.90 Å². The van der Waals surface area contributed by atoms with Crippen molar-refractivity contribution < 1.29 is 18.0 Å². The average molecular weight is 369 g/mol. The van der Waals surface area contributed by atoms with Gasteiger partial charge in [-0.2, -0.15) is 13.2 Å². The molecule has 25 heavy (non-hydrogen) atoms. The molecule has 132 valence electrons. The third kappa shape index (κ3) is 4.07. The molecule has 0 N–H and O–H groups in total. The molecule has 1 saturated heterocycles. The Kier molecular flexibility index (Phi) is 4.90. The van der Waals surface area contributed by atoms with Gasteiger partial charge >= 0.3 is 6.18 Å². The summed E-state index contributed by atoms with van der Waals surface area (Å²) >= 11 is 5.83. The Hall–Kier alpha value is -2.21. The van der Waals surface area contributed by atoms with E-state index in [1.165, 1.54) is 12.1 Å². The Bertz CT molecular complexity index is 736. The minimum Gasteiger partial charge on any atom is -0.368 e. The number of nitrogens with zero attached hydrogens (tertiary/aromatic N) is 2. The fourth-order valence-corrected chi connectivity index (χ4v) is 2.93. The van der Waals surface area contributed by atoms with Crippen LogP contribution in [0.5, 0.6) is 0 Å². The van der Waals surface area contributed by atoms with Gasteiger partial charge in [-0.15, -0.1) is 0 Å². The fourth-order valence-electron chi connectivity index (χ4n) is 2.80. The molecule has 1 aliphatic heterocycles. The summed E-state index contributed by atoms with van der Waals surface area (Å²) in [6, 6.07) is 11.8. The summed E-state index contributed by atoms with van der Waals surface area (Å²) in [5.74, 6) is -0.0660. The Balaban J connectivity index is 1.61. The minimum absolute atomic E-state index is 0.0660. The Labute approximate surface area is 148 Å². The molecular formula is C18H16ClF3N2O. The predicted molar refractivity (Wildman–Crippen MR) is 91.0 cm³/mol. The van der Waals surface area contributed by atoms with E-state index < -0.39 is 11.7 Å². The van der Waals surface area contributed by atoms with Crippen LogP contribution in [0.15, 0.2) is 48.5 Å². The lowest BCUT2D eigenvalue weighted by Crippen LogP contribution is -2.48. The number of rotatable bonds is 2. The van der Waals surface area contributed by atoms with Gasteiger partial charge in [-0.3, -0.25) is 4.79 Å². The zero-order valence-corrected chi connectivity index (χ0v) is 14.0. The number of anilines is 1. The monoisotopic (exact) mass is 368 g/mol. The van der Waals surface area contributed by atoms with E-state index in [1.54, 1.807) is 29.2 Å². The number of piperazine rings is 1. The zero-order valence-electron chi connectivity index (χ0n) is 13.3. The van der Waals surface area contributed by atoms with E-state index in [2.05, 4.69) is 0 Å². The first-order chi connectivity index (χ1) is 11.8. The van der Waals surface area contributed by atoms with Crippen LogP contribution in [0.4, 0.5) is 18.9 Å². The predicted octanol–water partition coefficient (Wildman–Crippen LogP) is 4.32. The van der Waals surface area contributed by atoms with Gasteiger partial charge in [-0.05, 0) is 48.5 Å². The van der Waals surface area contributed by atoms with Crippen LogP contribution in [0.2, 0.25) is 5.02 Å². The highest BCUT2D eigenvalue weighted by atomic mass is 35.5. The van der Waals surface area contributed by atoms with Gasteiger partial charge in [0, 0.05) is 42.5 Å². The maximum Gasteiger partial charge on any atom is 0.416 e. The maximum absolute atomic E-state index is 12.6. The number of halogens is 4. The lowest BCUT2D eigenvalue weighted by atomic mass is 10.1. The van der Waals surface area contributed by atoms with Crippen molar-refractivity contribution in [3.05, 3.63) is 64.7 Å². The number of alkyl halides is 3. The van der Waals surface area contributed by atoms with Crippen LogP contribution in [-0.4, -0.2) is 37.0 Å². The standard InChI is InChI=1S/C18H16ClF3N2O/c19-15-5-1-13(2-6-15)17(25)24-11-9-23(10-12-24)16-7-3-14(4-8-16)18(20,21)22/h1-8H,9-12H2. The summed E-state index contributed by atoms with van der Waals surface area (Å²) in [5.41, 5.74) is 0.645. The molecule has 0 atom stereocenters. The van der Waals surface area contributed by atoms with Crippen molar-refractivity contribution in [3.8, 4) is 0 Å². The second-order valence-corrected chi connectivity index (χ2v) is 6.27. The van der Waals surface area contributed by atoms with Crippen molar-refractivity contribution in [1.82, 2.24) is 4.90 Å². The smallest absolute Gasteiger partial charge is 0.368 e. The number of carbonyl (C=O) groups is 1. The quantitative estimate of drug-likeness (QED) is 0.788. The largest absolute Gasteiger partial charge is 0.416 e. The summed E-state index contributed by atoms with van der Waals surface area (Å²) in [7, 11) is 0. The van der Waals surface area contributed by atoms with Crippen LogP contribution in [0.3, 0.4) is 0 Å². The van der Waals surface area contributed by atoms with Crippen molar-refractivity contribution >= 4 is 23.2 Å². The molecule has 0 bridgehead atoms. The van der Waals surface area contributed by atoms with Gasteiger partial charge in [-0.25, -0.2) is 0 Å². The van der Waals surface area contributed by atoms with Crippen LogP contribution in [-0.2, 0) is 6.18 Å². The molecule has 2 aromatic rings. The second kappa shape index (κ2) is 6.96. The van der Waals surface area contributed by atoms with Crippen molar-refractivity contribution in [2.45, 2.75) is 6.18 Å². The number of hydrogen-bond donors (Lipinski definition) is 0. The van der Waals surface area contributed by atoms with Crippen molar-refractivity contribution in [2.75, 3.05) is 31.1 Å². The van der Waals surface area contributed by atoms with E-state index in [-0.39, 0.29) is 5.91 Å². The topological polar surface area (TPSA) is 23.6 Å². The fraction of sp³-hybridized carbons (Fsp3) is 0.278. The number of hydrogen-bond acceptors (Lipinski definition) is 2. The summed E-state index contributed by atoms with van der Waals surface area (Å²) in [6.07, 6.45) is -4.33. The molecule has 0 aromatic heterocycles. The second-order valence-electron chi connectivity index (χ2n) is 5.83. The first kappa shape index (κ1) is 17.6. The van der Waals surface area contributed by atoms with Gasteiger partial charge in [0.2, 0.25) is 0 Å². The van der Waals surface area contributed by atoms with Crippen molar-refractivity contribution in [1.29, 1.82) is 0 Å². The first-order valence-electron chi connectivity index (χ1n) is 7.81. The highest BCUT2D eigenvalue weighted by Crippen LogP contribution is 2.30. The van der Waals surface area contributed by atoms with Crippen molar-refractivity contribution in [2.24, 2.45) is 0 Å². The zero-order chi connectivity index (χ0) is 18.0. The normalized spacial score (nSPS) is 15.4. The van der Waals surface area contributed by atoms with Gasteiger partial charge in [0.1, 0.15) is 0 Å². The molecule has 0 unspecified atom stereocenters. The van der Waals surface area contributed by atoms with Gasteiger partial charge < -0.3 is 9.80 Å². The minimum atomic E-state index is -4.33. The van der Waals surface area contributed by atoms with E-state index in [4.69, 9.17) is 11.6 Å². The van der Waals surface area contributed by atoms with Gasteiger partial charge in [0.05, 0.1) is 5.56 Å². The summed E-state index contributed by atoms with van der Waals surface area (Å²) in [6.45, 7) is 2.18. The summed E-state index contributed by atoms with van der Waals surface area (Å²) in [5, 5.41) is 0.573. The molecule has 0 aliphatic carbocycles. The molecular weight excluding hydrogens is 353 g/mol. The van der Waals surface area contributed by atoms with Crippen molar-refractivity contribution in [3.63, 3.8) is 0 Å². The molecule has 1 fully saturated rings. The molecule has 0 spiro atoms. The summed E-state index contributed by atoms with van der Waals surface area (Å²) in [4.78, 5) is 16.2. The number of carbonyl (C=O) groups excluding carboxylic acids is 1. The van der Waals surface area contributed by atoms with Crippen LogP contribution in [0.1, 0.15) is 15.9 Å². The van der Waals surface area contributed by atoms with Crippen LogP contribution >= 0.6 is 11.6 Å². The highest BCUT2D eigenvalue weighted by Gasteiger charge is 2.30. The van der Waals surface area contributed by atoms with Crippen LogP contribution in [0, 0.1) is 0 Å². The van der Waals surface area contributed by atoms with E-state index in [0.29, 0.717) is 36.8 Å². The number of benzene rings is 2. The molecule has 3 rings (SSSR count). The first-order valence-corrected chi connectivity index (χ1v) is 8.19. The van der Waals surface area contributed by atoms with E-state index >= 15 is 0 Å². The molecule has 3 nitrogen and oxygen atoms in total. The number of amides is 1. The Morgan fingerprint density at radius 1 is 0.880 bits per heavy atom. The third-order valence-corrected chi connectivity index (χ3v) is 4.47. The molecule has 2 aromatic carbocycles. The molecule has 7 heteroatoms. The molecule has 1 heterocycles. The molecule has 1 amide bonds. The van der Waals surface area contributed by atoms with Crippen LogP contribution in [0.25, 0.3) is 0 Å². The molecule has 0 saturated carbocycles. The van der Waals surface area contributed by atoms with Gasteiger partial charge in [0.25, 0.3) is 5.91 Å². The van der Waals surface area contributed by atoms with Gasteiger partial charge in [-0.1, -0.05) is 11.6 Å². The maximum atomic E-state index is 12.6. The van der Waals surface area contributed by atoms with Gasteiger partial charge in [0.15, 0.2) is 0 Å². The summed E-state index contributed by atoms with van der Waals surface area (Å²) < 4.78 is 37.9. The molecule has 0 radical (unpaired) electrons. The Morgan fingerprint density at radius 3 is 1.96 bits per heavy atom. The third-order valence-electron chi connectivity index (χ3n) is 4.22. The van der Waals surface area contributed by atoms with E-state index in [1.807, 2.05) is 4.90 Å². The average Bonchev–Trinajstić information content (AvgIpc) is 2.61.